The summed E-state index contributed by atoms with van der Waals surface area (Å²) in [6.07, 6.45) is 3.65. The summed E-state index contributed by atoms with van der Waals surface area (Å²) < 4.78 is 1.84. The summed E-state index contributed by atoms with van der Waals surface area (Å²) in [5.41, 5.74) is 6.91. The standard InChI is InChI=1S/C24H20N4O/c29-24(22-14-12-19(13-15-22)18-28-17-7-16-25-28)27-26-23(20-8-3-1-4-9-20)21-10-5-2-6-11-21/h1-17H,18H2,(H,27,29). The van der Waals surface area contributed by atoms with Crippen LogP contribution in [-0.4, -0.2) is 21.4 Å². The number of benzene rings is 3. The molecule has 1 heterocycles. The first-order chi connectivity index (χ1) is 14.3. The number of nitrogens with one attached hydrogen (secondary N) is 1. The van der Waals surface area contributed by atoms with E-state index in [0.717, 1.165) is 22.4 Å². The number of rotatable bonds is 6. The smallest absolute Gasteiger partial charge is 0.268 e. The molecule has 5 heteroatoms. The summed E-state index contributed by atoms with van der Waals surface area (Å²) in [4.78, 5) is 12.6. The molecule has 1 aromatic heterocycles. The molecule has 0 aliphatic rings. The van der Waals surface area contributed by atoms with Gasteiger partial charge in [0.2, 0.25) is 0 Å². The average molecular weight is 380 g/mol. The second-order valence-corrected chi connectivity index (χ2v) is 6.53. The lowest BCUT2D eigenvalue weighted by molar-refractivity contribution is 0.0955. The fraction of sp³-hybridized carbons (Fsp3) is 0.0417. The zero-order valence-electron chi connectivity index (χ0n) is 15.8. The zero-order valence-corrected chi connectivity index (χ0v) is 15.8. The number of aromatic nitrogens is 2. The van der Waals surface area contributed by atoms with Gasteiger partial charge in [-0.05, 0) is 23.8 Å². The third-order valence-corrected chi connectivity index (χ3v) is 4.48. The van der Waals surface area contributed by atoms with Crippen LogP contribution < -0.4 is 5.43 Å². The van der Waals surface area contributed by atoms with E-state index in [4.69, 9.17) is 0 Å². The fourth-order valence-corrected chi connectivity index (χ4v) is 3.00. The first-order valence-electron chi connectivity index (χ1n) is 9.35. The van der Waals surface area contributed by atoms with E-state index in [-0.39, 0.29) is 5.91 Å². The van der Waals surface area contributed by atoms with Crippen molar-refractivity contribution in [3.8, 4) is 0 Å². The predicted octanol–water partition coefficient (Wildman–Crippen LogP) is 4.11. The number of nitrogens with zero attached hydrogens (tertiary/aromatic N) is 3. The number of hydrogen-bond acceptors (Lipinski definition) is 3. The lowest BCUT2D eigenvalue weighted by Gasteiger charge is -2.08. The quantitative estimate of drug-likeness (QED) is 0.404. The number of hydrazone groups is 1. The lowest BCUT2D eigenvalue weighted by Crippen LogP contribution is -2.20. The minimum atomic E-state index is -0.250. The van der Waals surface area contributed by atoms with Crippen LogP contribution in [0.1, 0.15) is 27.0 Å². The van der Waals surface area contributed by atoms with Gasteiger partial charge in [-0.1, -0.05) is 72.8 Å². The molecule has 4 rings (SSSR count). The van der Waals surface area contributed by atoms with Gasteiger partial charge in [-0.25, -0.2) is 5.43 Å². The Kier molecular flexibility index (Phi) is 5.58. The molecule has 1 N–H and O–H groups in total. The molecule has 0 unspecified atom stereocenters. The summed E-state index contributed by atoms with van der Waals surface area (Å²) in [6, 6.07) is 29.0. The van der Waals surface area contributed by atoms with E-state index >= 15 is 0 Å². The van der Waals surface area contributed by atoms with Crippen LogP contribution in [0.4, 0.5) is 0 Å². The van der Waals surface area contributed by atoms with Gasteiger partial charge in [0.15, 0.2) is 0 Å². The number of carbonyl (C=O) groups excluding carboxylic acids is 1. The largest absolute Gasteiger partial charge is 0.271 e. The Bertz CT molecular complexity index is 1050. The maximum Gasteiger partial charge on any atom is 0.271 e. The van der Waals surface area contributed by atoms with Crippen molar-refractivity contribution in [2.24, 2.45) is 5.10 Å². The van der Waals surface area contributed by atoms with Crippen molar-refractivity contribution in [3.05, 3.63) is 126 Å². The second kappa shape index (κ2) is 8.80. The van der Waals surface area contributed by atoms with E-state index < -0.39 is 0 Å². The Balaban J connectivity index is 1.52. The summed E-state index contributed by atoms with van der Waals surface area (Å²) in [5, 5.41) is 8.62. The normalized spacial score (nSPS) is 10.3. The molecular weight excluding hydrogens is 360 g/mol. The maximum atomic E-state index is 12.6. The van der Waals surface area contributed by atoms with Crippen LogP contribution in [-0.2, 0) is 6.54 Å². The fourth-order valence-electron chi connectivity index (χ4n) is 3.00. The second-order valence-electron chi connectivity index (χ2n) is 6.53. The molecular formula is C24H20N4O. The monoisotopic (exact) mass is 380 g/mol. The molecule has 3 aromatic carbocycles. The Morgan fingerprint density at radius 3 is 1.97 bits per heavy atom. The number of amides is 1. The molecule has 4 aromatic rings. The highest BCUT2D eigenvalue weighted by atomic mass is 16.2. The first-order valence-corrected chi connectivity index (χ1v) is 9.35. The van der Waals surface area contributed by atoms with E-state index in [1.54, 1.807) is 18.3 Å². The Hall–Kier alpha value is -3.99. The molecule has 0 saturated heterocycles. The van der Waals surface area contributed by atoms with Crippen molar-refractivity contribution in [3.63, 3.8) is 0 Å². The molecule has 142 valence electrons. The van der Waals surface area contributed by atoms with E-state index in [1.165, 1.54) is 0 Å². The van der Waals surface area contributed by atoms with Gasteiger partial charge in [-0.2, -0.15) is 10.2 Å². The maximum absolute atomic E-state index is 12.6. The minimum absolute atomic E-state index is 0.250. The van der Waals surface area contributed by atoms with E-state index in [0.29, 0.717) is 12.1 Å². The van der Waals surface area contributed by atoms with Crippen molar-refractivity contribution < 1.29 is 4.79 Å². The predicted molar refractivity (Wildman–Crippen MR) is 114 cm³/mol. The average Bonchev–Trinajstić information content (AvgIpc) is 3.29. The zero-order chi connectivity index (χ0) is 19.9. The molecule has 0 bridgehead atoms. The molecule has 0 spiro atoms. The number of hydrogen-bond donors (Lipinski definition) is 1. The Morgan fingerprint density at radius 1 is 0.793 bits per heavy atom. The minimum Gasteiger partial charge on any atom is -0.268 e. The summed E-state index contributed by atoms with van der Waals surface area (Å²) in [5.74, 6) is -0.250. The van der Waals surface area contributed by atoms with E-state index in [2.05, 4.69) is 15.6 Å². The van der Waals surface area contributed by atoms with Crippen LogP contribution in [0, 0.1) is 0 Å². The summed E-state index contributed by atoms with van der Waals surface area (Å²) in [7, 11) is 0. The van der Waals surface area contributed by atoms with Crippen molar-refractivity contribution in [1.29, 1.82) is 0 Å². The lowest BCUT2D eigenvalue weighted by atomic mass is 10.0. The van der Waals surface area contributed by atoms with Gasteiger partial charge in [0.1, 0.15) is 0 Å². The van der Waals surface area contributed by atoms with Crippen LogP contribution in [0.25, 0.3) is 0 Å². The molecule has 0 aliphatic heterocycles. The van der Waals surface area contributed by atoms with Crippen molar-refractivity contribution in [2.75, 3.05) is 0 Å². The molecule has 0 radical (unpaired) electrons. The van der Waals surface area contributed by atoms with E-state index in [1.807, 2.05) is 89.7 Å². The highest BCUT2D eigenvalue weighted by Crippen LogP contribution is 2.11. The van der Waals surface area contributed by atoms with Crippen molar-refractivity contribution >= 4 is 11.6 Å². The molecule has 29 heavy (non-hydrogen) atoms. The summed E-state index contributed by atoms with van der Waals surface area (Å²) >= 11 is 0. The molecule has 0 fully saturated rings. The van der Waals surface area contributed by atoms with Gasteiger partial charge in [-0.15, -0.1) is 0 Å². The third-order valence-electron chi connectivity index (χ3n) is 4.48. The van der Waals surface area contributed by atoms with Gasteiger partial charge in [0, 0.05) is 29.1 Å². The van der Waals surface area contributed by atoms with Crippen LogP contribution in [0.2, 0.25) is 0 Å². The topological polar surface area (TPSA) is 59.3 Å². The van der Waals surface area contributed by atoms with E-state index in [9.17, 15) is 4.79 Å². The Morgan fingerprint density at radius 2 is 1.41 bits per heavy atom. The molecule has 1 amide bonds. The van der Waals surface area contributed by atoms with Crippen LogP contribution >= 0.6 is 0 Å². The molecule has 0 aliphatic carbocycles. The molecule has 5 nitrogen and oxygen atoms in total. The highest BCUT2D eigenvalue weighted by molar-refractivity contribution is 6.13. The SMILES string of the molecule is O=C(NN=C(c1ccccc1)c1ccccc1)c1ccc(Cn2cccn2)cc1. The first kappa shape index (κ1) is 18.4. The molecule has 0 saturated carbocycles. The van der Waals surface area contributed by atoms with Gasteiger partial charge in [0.25, 0.3) is 5.91 Å². The third kappa shape index (κ3) is 4.65. The molecule has 0 atom stereocenters. The van der Waals surface area contributed by atoms with Crippen molar-refractivity contribution in [1.82, 2.24) is 15.2 Å². The Labute approximate surface area is 169 Å². The van der Waals surface area contributed by atoms with Crippen LogP contribution in [0.15, 0.2) is 108 Å². The highest BCUT2D eigenvalue weighted by Gasteiger charge is 2.09. The van der Waals surface area contributed by atoms with Crippen LogP contribution in [0.3, 0.4) is 0 Å². The van der Waals surface area contributed by atoms with Gasteiger partial charge in [0.05, 0.1) is 12.3 Å². The summed E-state index contributed by atoms with van der Waals surface area (Å²) in [6.45, 7) is 0.666. The van der Waals surface area contributed by atoms with Gasteiger partial charge >= 0.3 is 0 Å². The van der Waals surface area contributed by atoms with Gasteiger partial charge in [-0.3, -0.25) is 9.48 Å². The number of carbonyl (C=O) groups is 1. The van der Waals surface area contributed by atoms with Crippen molar-refractivity contribution in [2.45, 2.75) is 6.54 Å². The van der Waals surface area contributed by atoms with Gasteiger partial charge < -0.3 is 0 Å². The van der Waals surface area contributed by atoms with Crippen LogP contribution in [0.5, 0.6) is 0 Å².